The lowest BCUT2D eigenvalue weighted by atomic mass is 10.0. The van der Waals surface area contributed by atoms with Crippen molar-refractivity contribution in [2.45, 2.75) is 18.9 Å². The Hall–Kier alpha value is -1.61. The van der Waals surface area contributed by atoms with Gasteiger partial charge in [-0.25, -0.2) is 0 Å². The number of anilines is 1. The van der Waals surface area contributed by atoms with E-state index in [1.807, 2.05) is 12.4 Å². The first-order valence-corrected chi connectivity index (χ1v) is 6.62. The van der Waals surface area contributed by atoms with E-state index in [0.717, 1.165) is 13.1 Å². The molecule has 94 valence electrons. The van der Waals surface area contributed by atoms with Gasteiger partial charge >= 0.3 is 0 Å². The molecule has 0 saturated carbocycles. The molecule has 18 heavy (non-hydrogen) atoms. The summed E-state index contributed by atoms with van der Waals surface area (Å²) in [7, 11) is 2.21. The van der Waals surface area contributed by atoms with Crippen LogP contribution in [0.4, 0.5) is 5.69 Å². The summed E-state index contributed by atoms with van der Waals surface area (Å²) >= 11 is 0. The van der Waals surface area contributed by atoms with Crippen LogP contribution in [0, 0.1) is 0 Å². The van der Waals surface area contributed by atoms with Gasteiger partial charge in [-0.3, -0.25) is 4.98 Å². The van der Waals surface area contributed by atoms with Gasteiger partial charge in [0.1, 0.15) is 0 Å². The Morgan fingerprint density at radius 2 is 2.06 bits per heavy atom. The van der Waals surface area contributed by atoms with E-state index in [0.29, 0.717) is 6.04 Å². The van der Waals surface area contributed by atoms with Crippen LogP contribution in [-0.2, 0) is 0 Å². The zero-order valence-corrected chi connectivity index (χ0v) is 10.8. The number of hydrogen-bond acceptors (Lipinski definition) is 3. The second kappa shape index (κ2) is 4.94. The first-order chi connectivity index (χ1) is 8.86. The molecule has 0 unspecified atom stereocenters. The standard InChI is InChI=1S/C15H19N3/c1-18(13-5-8-16-9-6-13)15-4-2-3-12-11-17-10-7-14(12)15/h2-4,7,10-11,13,16H,5-6,8-9H2,1H3. The molecule has 1 fully saturated rings. The summed E-state index contributed by atoms with van der Waals surface area (Å²) in [5, 5.41) is 5.94. The number of pyridine rings is 1. The third kappa shape index (κ3) is 2.06. The summed E-state index contributed by atoms with van der Waals surface area (Å²) in [4.78, 5) is 6.63. The molecule has 1 aromatic heterocycles. The average molecular weight is 241 g/mol. The summed E-state index contributed by atoms with van der Waals surface area (Å²) in [6, 6.07) is 9.22. The fraction of sp³-hybridized carbons (Fsp3) is 0.400. The van der Waals surface area contributed by atoms with Crippen molar-refractivity contribution in [2.24, 2.45) is 0 Å². The smallest absolute Gasteiger partial charge is 0.0446 e. The quantitative estimate of drug-likeness (QED) is 0.875. The molecular weight excluding hydrogens is 222 g/mol. The van der Waals surface area contributed by atoms with Crippen LogP contribution >= 0.6 is 0 Å². The highest BCUT2D eigenvalue weighted by Gasteiger charge is 2.19. The Morgan fingerprint density at radius 3 is 2.89 bits per heavy atom. The molecule has 1 N–H and O–H groups in total. The largest absolute Gasteiger partial charge is 0.371 e. The predicted molar refractivity (Wildman–Crippen MR) is 76.0 cm³/mol. The van der Waals surface area contributed by atoms with E-state index in [1.165, 1.54) is 29.3 Å². The predicted octanol–water partition coefficient (Wildman–Crippen LogP) is 2.42. The fourth-order valence-electron chi connectivity index (χ4n) is 2.80. The molecule has 0 atom stereocenters. The molecule has 0 spiro atoms. The van der Waals surface area contributed by atoms with Gasteiger partial charge in [-0.15, -0.1) is 0 Å². The number of benzene rings is 1. The third-order valence-electron chi connectivity index (χ3n) is 3.89. The molecule has 3 heteroatoms. The average Bonchev–Trinajstić information content (AvgIpc) is 2.47. The monoisotopic (exact) mass is 241 g/mol. The van der Waals surface area contributed by atoms with Crippen molar-refractivity contribution in [2.75, 3.05) is 25.0 Å². The van der Waals surface area contributed by atoms with Gasteiger partial charge in [0, 0.05) is 41.9 Å². The van der Waals surface area contributed by atoms with Crippen molar-refractivity contribution in [3.63, 3.8) is 0 Å². The highest BCUT2D eigenvalue weighted by molar-refractivity contribution is 5.93. The van der Waals surface area contributed by atoms with Gasteiger partial charge in [-0.05, 0) is 38.1 Å². The minimum absolute atomic E-state index is 0.644. The molecule has 3 nitrogen and oxygen atoms in total. The van der Waals surface area contributed by atoms with E-state index in [1.54, 1.807) is 0 Å². The van der Waals surface area contributed by atoms with E-state index in [2.05, 4.69) is 46.5 Å². The fourth-order valence-corrected chi connectivity index (χ4v) is 2.80. The Kier molecular flexibility index (Phi) is 3.15. The van der Waals surface area contributed by atoms with Crippen LogP contribution in [0.15, 0.2) is 36.7 Å². The molecule has 0 amide bonds. The first-order valence-electron chi connectivity index (χ1n) is 6.62. The number of aromatic nitrogens is 1. The number of piperidine rings is 1. The third-order valence-corrected chi connectivity index (χ3v) is 3.89. The topological polar surface area (TPSA) is 28.2 Å². The molecule has 2 aromatic rings. The minimum atomic E-state index is 0.644. The molecule has 0 aliphatic carbocycles. The van der Waals surface area contributed by atoms with Crippen molar-refractivity contribution in [3.8, 4) is 0 Å². The molecule has 3 rings (SSSR count). The number of hydrogen-bond donors (Lipinski definition) is 1. The van der Waals surface area contributed by atoms with Gasteiger partial charge in [-0.1, -0.05) is 12.1 Å². The molecule has 0 radical (unpaired) electrons. The number of rotatable bonds is 2. The van der Waals surface area contributed by atoms with E-state index in [4.69, 9.17) is 0 Å². The summed E-state index contributed by atoms with van der Waals surface area (Å²) in [5.74, 6) is 0. The molecule has 0 bridgehead atoms. The van der Waals surface area contributed by atoms with Gasteiger partial charge in [0.05, 0.1) is 0 Å². The van der Waals surface area contributed by atoms with Gasteiger partial charge in [0.2, 0.25) is 0 Å². The Bertz CT molecular complexity index is 527. The van der Waals surface area contributed by atoms with Gasteiger partial charge in [0.15, 0.2) is 0 Å². The Morgan fingerprint density at radius 1 is 1.22 bits per heavy atom. The van der Waals surface area contributed by atoms with E-state index in [9.17, 15) is 0 Å². The van der Waals surface area contributed by atoms with E-state index < -0.39 is 0 Å². The van der Waals surface area contributed by atoms with Crippen LogP contribution in [0.3, 0.4) is 0 Å². The van der Waals surface area contributed by atoms with Crippen molar-refractivity contribution in [1.82, 2.24) is 10.3 Å². The van der Waals surface area contributed by atoms with Crippen molar-refractivity contribution >= 4 is 16.5 Å². The molecule has 1 saturated heterocycles. The van der Waals surface area contributed by atoms with Crippen molar-refractivity contribution in [1.29, 1.82) is 0 Å². The molecule has 1 aliphatic heterocycles. The van der Waals surface area contributed by atoms with Crippen LogP contribution in [0.2, 0.25) is 0 Å². The normalized spacial score (nSPS) is 16.9. The van der Waals surface area contributed by atoms with Crippen LogP contribution < -0.4 is 10.2 Å². The maximum atomic E-state index is 4.20. The summed E-state index contributed by atoms with van der Waals surface area (Å²) < 4.78 is 0. The molecule has 2 heterocycles. The highest BCUT2D eigenvalue weighted by Crippen LogP contribution is 2.28. The molecule has 1 aromatic carbocycles. The number of nitrogens with zero attached hydrogens (tertiary/aromatic N) is 2. The Labute approximate surface area is 108 Å². The zero-order valence-electron chi connectivity index (χ0n) is 10.8. The molecule has 1 aliphatic rings. The van der Waals surface area contributed by atoms with Crippen LogP contribution in [0.5, 0.6) is 0 Å². The lowest BCUT2D eigenvalue weighted by Crippen LogP contribution is -2.41. The lowest BCUT2D eigenvalue weighted by molar-refractivity contribution is 0.444. The Balaban J connectivity index is 1.97. The molecular formula is C15H19N3. The summed E-state index contributed by atoms with van der Waals surface area (Å²) in [6.45, 7) is 2.25. The van der Waals surface area contributed by atoms with Gasteiger partial charge in [-0.2, -0.15) is 0 Å². The number of fused-ring (bicyclic) bond motifs is 1. The first kappa shape index (κ1) is 11.5. The van der Waals surface area contributed by atoms with Gasteiger partial charge in [0.25, 0.3) is 0 Å². The van der Waals surface area contributed by atoms with Crippen molar-refractivity contribution in [3.05, 3.63) is 36.7 Å². The van der Waals surface area contributed by atoms with E-state index in [-0.39, 0.29) is 0 Å². The second-order valence-electron chi connectivity index (χ2n) is 4.97. The second-order valence-corrected chi connectivity index (χ2v) is 4.97. The minimum Gasteiger partial charge on any atom is -0.371 e. The zero-order chi connectivity index (χ0) is 12.4. The maximum absolute atomic E-state index is 4.20. The number of nitrogens with one attached hydrogen (secondary N) is 1. The van der Waals surface area contributed by atoms with E-state index >= 15 is 0 Å². The highest BCUT2D eigenvalue weighted by atomic mass is 15.1. The summed E-state index contributed by atoms with van der Waals surface area (Å²) in [5.41, 5.74) is 1.32. The van der Waals surface area contributed by atoms with Crippen LogP contribution in [-0.4, -0.2) is 31.2 Å². The summed E-state index contributed by atoms with van der Waals surface area (Å²) in [6.07, 6.45) is 6.26. The van der Waals surface area contributed by atoms with Gasteiger partial charge < -0.3 is 10.2 Å². The van der Waals surface area contributed by atoms with Crippen LogP contribution in [0.1, 0.15) is 12.8 Å². The lowest BCUT2D eigenvalue weighted by Gasteiger charge is -2.34. The van der Waals surface area contributed by atoms with Crippen LogP contribution in [0.25, 0.3) is 10.8 Å². The maximum Gasteiger partial charge on any atom is 0.0446 e. The SMILES string of the molecule is CN(c1cccc2cnccc12)C1CCNCC1. The van der Waals surface area contributed by atoms with Crippen molar-refractivity contribution < 1.29 is 0 Å².